The van der Waals surface area contributed by atoms with Crippen molar-refractivity contribution in [3.05, 3.63) is 34.9 Å². The van der Waals surface area contributed by atoms with E-state index in [9.17, 15) is 4.79 Å². The predicted molar refractivity (Wildman–Crippen MR) is 73.8 cm³/mol. The Kier molecular flexibility index (Phi) is 5.02. The Morgan fingerprint density at radius 3 is 2.94 bits per heavy atom. The lowest BCUT2D eigenvalue weighted by molar-refractivity contribution is -0.120. The predicted octanol–water partition coefficient (Wildman–Crippen LogP) is 2.14. The van der Waals surface area contributed by atoms with Crippen molar-refractivity contribution in [1.82, 2.24) is 10.6 Å². The summed E-state index contributed by atoms with van der Waals surface area (Å²) in [4.78, 5) is 11.8. The number of halogens is 1. The highest BCUT2D eigenvalue weighted by atomic mass is 35.5. The lowest BCUT2D eigenvalue weighted by Gasteiger charge is -2.23. The Bertz CT molecular complexity index is 403. The first-order chi connectivity index (χ1) is 8.75. The van der Waals surface area contributed by atoms with E-state index in [1.165, 1.54) is 12.8 Å². The molecule has 1 heterocycles. The minimum atomic E-state index is 0.0375. The third-order valence-corrected chi connectivity index (χ3v) is 3.64. The normalized spacial score (nSPS) is 19.5. The van der Waals surface area contributed by atoms with Gasteiger partial charge in [0, 0.05) is 17.6 Å². The fourth-order valence-corrected chi connectivity index (χ4v) is 2.42. The fraction of sp³-hybridized carbons (Fsp3) is 0.500. The van der Waals surface area contributed by atoms with Crippen LogP contribution in [-0.4, -0.2) is 25.0 Å². The zero-order valence-corrected chi connectivity index (χ0v) is 11.2. The molecule has 0 spiro atoms. The number of nitrogens with one attached hydrogen (secondary N) is 2. The molecule has 3 nitrogen and oxygen atoms in total. The minimum Gasteiger partial charge on any atom is -0.354 e. The van der Waals surface area contributed by atoms with Crippen LogP contribution < -0.4 is 10.6 Å². The third kappa shape index (κ3) is 4.00. The zero-order chi connectivity index (χ0) is 12.8. The maximum Gasteiger partial charge on any atom is 0.224 e. The summed E-state index contributed by atoms with van der Waals surface area (Å²) in [7, 11) is 0. The quantitative estimate of drug-likeness (QED) is 0.877. The summed E-state index contributed by atoms with van der Waals surface area (Å²) >= 11 is 6.02. The molecule has 4 heteroatoms. The number of piperidine rings is 1. The summed E-state index contributed by atoms with van der Waals surface area (Å²) in [5.41, 5.74) is 0.883. The van der Waals surface area contributed by atoms with Crippen LogP contribution in [0.15, 0.2) is 24.3 Å². The molecule has 1 amide bonds. The van der Waals surface area contributed by atoms with Gasteiger partial charge in [-0.25, -0.2) is 0 Å². The van der Waals surface area contributed by atoms with E-state index >= 15 is 0 Å². The van der Waals surface area contributed by atoms with Crippen LogP contribution >= 0.6 is 11.6 Å². The molecule has 1 aromatic rings. The van der Waals surface area contributed by atoms with Crippen molar-refractivity contribution in [2.45, 2.75) is 31.7 Å². The topological polar surface area (TPSA) is 41.1 Å². The Balaban J connectivity index is 1.76. The first-order valence-corrected chi connectivity index (χ1v) is 6.87. The smallest absolute Gasteiger partial charge is 0.224 e. The number of amides is 1. The van der Waals surface area contributed by atoms with Gasteiger partial charge in [-0.1, -0.05) is 36.2 Å². The van der Waals surface area contributed by atoms with Crippen molar-refractivity contribution in [3.8, 4) is 0 Å². The average molecular weight is 267 g/mol. The number of hydrogen-bond donors (Lipinski definition) is 2. The molecule has 1 aliphatic rings. The van der Waals surface area contributed by atoms with Gasteiger partial charge in [-0.05, 0) is 31.0 Å². The van der Waals surface area contributed by atoms with Gasteiger partial charge < -0.3 is 10.6 Å². The first kappa shape index (κ1) is 13.4. The van der Waals surface area contributed by atoms with Crippen molar-refractivity contribution in [2.75, 3.05) is 13.1 Å². The third-order valence-electron chi connectivity index (χ3n) is 3.27. The highest BCUT2D eigenvalue weighted by Crippen LogP contribution is 2.15. The van der Waals surface area contributed by atoms with Crippen LogP contribution in [0.3, 0.4) is 0 Å². The second kappa shape index (κ2) is 6.76. The second-order valence-corrected chi connectivity index (χ2v) is 5.13. The van der Waals surface area contributed by atoms with Crippen LogP contribution in [0.2, 0.25) is 5.02 Å². The van der Waals surface area contributed by atoms with Gasteiger partial charge in [0.15, 0.2) is 0 Å². The molecule has 0 aromatic heterocycles. The summed E-state index contributed by atoms with van der Waals surface area (Å²) in [6.45, 7) is 1.77. The van der Waals surface area contributed by atoms with Gasteiger partial charge in [0.2, 0.25) is 5.91 Å². The molecule has 0 radical (unpaired) electrons. The number of hydrogen-bond acceptors (Lipinski definition) is 2. The molecule has 0 saturated carbocycles. The van der Waals surface area contributed by atoms with Crippen molar-refractivity contribution in [2.24, 2.45) is 0 Å². The van der Waals surface area contributed by atoms with Gasteiger partial charge in [-0.2, -0.15) is 0 Å². The summed E-state index contributed by atoms with van der Waals surface area (Å²) < 4.78 is 0. The van der Waals surface area contributed by atoms with Crippen LogP contribution in [0, 0.1) is 0 Å². The molecular weight excluding hydrogens is 248 g/mol. The molecule has 98 valence electrons. The van der Waals surface area contributed by atoms with Gasteiger partial charge in [0.05, 0.1) is 6.42 Å². The zero-order valence-electron chi connectivity index (χ0n) is 10.4. The van der Waals surface area contributed by atoms with Crippen LogP contribution in [0.25, 0.3) is 0 Å². The maximum atomic E-state index is 11.8. The van der Waals surface area contributed by atoms with E-state index < -0.39 is 0 Å². The van der Waals surface area contributed by atoms with E-state index in [4.69, 9.17) is 11.6 Å². The lowest BCUT2D eigenvalue weighted by Crippen LogP contribution is -2.43. The number of benzene rings is 1. The molecule has 1 aliphatic heterocycles. The molecule has 2 rings (SSSR count). The van der Waals surface area contributed by atoms with Crippen LogP contribution in [0.1, 0.15) is 24.8 Å². The molecule has 1 fully saturated rings. The van der Waals surface area contributed by atoms with Crippen molar-refractivity contribution in [3.63, 3.8) is 0 Å². The molecule has 1 saturated heterocycles. The SMILES string of the molecule is O=C(Cc1ccccc1Cl)NCC1CCCCN1. The Morgan fingerprint density at radius 2 is 2.22 bits per heavy atom. The van der Waals surface area contributed by atoms with E-state index in [0.717, 1.165) is 18.5 Å². The van der Waals surface area contributed by atoms with Crippen LogP contribution in [0.5, 0.6) is 0 Å². The molecule has 1 unspecified atom stereocenters. The molecule has 0 aliphatic carbocycles. The molecule has 1 atom stereocenters. The largest absolute Gasteiger partial charge is 0.354 e. The van der Waals surface area contributed by atoms with E-state index in [1.54, 1.807) is 0 Å². The van der Waals surface area contributed by atoms with Gasteiger partial charge in [-0.15, -0.1) is 0 Å². The van der Waals surface area contributed by atoms with E-state index in [-0.39, 0.29) is 5.91 Å². The minimum absolute atomic E-state index is 0.0375. The number of rotatable bonds is 4. The van der Waals surface area contributed by atoms with Crippen molar-refractivity contribution < 1.29 is 4.79 Å². The molecular formula is C14H19ClN2O. The van der Waals surface area contributed by atoms with Gasteiger partial charge in [0.25, 0.3) is 0 Å². The number of carbonyl (C=O) groups is 1. The van der Waals surface area contributed by atoms with Gasteiger partial charge >= 0.3 is 0 Å². The van der Waals surface area contributed by atoms with Crippen LogP contribution in [-0.2, 0) is 11.2 Å². The molecule has 1 aromatic carbocycles. The Morgan fingerprint density at radius 1 is 1.39 bits per heavy atom. The summed E-state index contributed by atoms with van der Waals surface area (Å²) in [5.74, 6) is 0.0375. The van der Waals surface area contributed by atoms with E-state index in [1.807, 2.05) is 24.3 Å². The first-order valence-electron chi connectivity index (χ1n) is 6.49. The second-order valence-electron chi connectivity index (χ2n) is 4.72. The van der Waals surface area contributed by atoms with E-state index in [0.29, 0.717) is 24.0 Å². The maximum absolute atomic E-state index is 11.8. The van der Waals surface area contributed by atoms with Crippen LogP contribution in [0.4, 0.5) is 0 Å². The van der Waals surface area contributed by atoms with Crippen molar-refractivity contribution >= 4 is 17.5 Å². The Labute approximate surface area is 113 Å². The van der Waals surface area contributed by atoms with Crippen molar-refractivity contribution in [1.29, 1.82) is 0 Å². The highest BCUT2D eigenvalue weighted by Gasteiger charge is 2.13. The molecule has 2 N–H and O–H groups in total. The standard InChI is InChI=1S/C14H19ClN2O/c15-13-7-2-1-5-11(13)9-14(18)17-10-12-6-3-4-8-16-12/h1-2,5,7,12,16H,3-4,6,8-10H2,(H,17,18). The van der Waals surface area contributed by atoms with E-state index in [2.05, 4.69) is 10.6 Å². The average Bonchev–Trinajstić information content (AvgIpc) is 2.40. The number of carbonyl (C=O) groups excluding carboxylic acids is 1. The molecule has 0 bridgehead atoms. The monoisotopic (exact) mass is 266 g/mol. The summed E-state index contributed by atoms with van der Waals surface area (Å²) in [6, 6.07) is 7.90. The lowest BCUT2D eigenvalue weighted by atomic mass is 10.0. The van der Waals surface area contributed by atoms with Gasteiger partial charge in [-0.3, -0.25) is 4.79 Å². The Hall–Kier alpha value is -1.06. The summed E-state index contributed by atoms with van der Waals surface area (Å²) in [6.07, 6.45) is 3.99. The molecule has 18 heavy (non-hydrogen) atoms. The fourth-order valence-electron chi connectivity index (χ4n) is 2.21. The highest BCUT2D eigenvalue weighted by molar-refractivity contribution is 6.31. The summed E-state index contributed by atoms with van der Waals surface area (Å²) in [5, 5.41) is 7.03. The van der Waals surface area contributed by atoms with Gasteiger partial charge in [0.1, 0.15) is 0 Å².